The molecule has 0 heterocycles. The minimum Gasteiger partial charge on any atom is -0.478 e. The van der Waals surface area contributed by atoms with Crippen molar-refractivity contribution in [2.75, 3.05) is 0 Å². The average molecular weight is 204 g/mol. The Kier molecular flexibility index (Phi) is 8.96. The van der Waals surface area contributed by atoms with Crippen LogP contribution in [-0.4, -0.2) is 28.2 Å². The van der Waals surface area contributed by atoms with Gasteiger partial charge in [0.2, 0.25) is 0 Å². The van der Waals surface area contributed by atoms with Crippen molar-refractivity contribution in [1.29, 1.82) is 5.53 Å². The Morgan fingerprint density at radius 2 is 1.57 bits per heavy atom. The quantitative estimate of drug-likeness (QED) is 0.131. The van der Waals surface area contributed by atoms with E-state index in [4.69, 9.17) is 15.7 Å². The molecule has 0 fully saturated rings. The van der Waals surface area contributed by atoms with Gasteiger partial charge in [0.1, 0.15) is 0 Å². The lowest BCUT2D eigenvalue weighted by Gasteiger charge is -1.80. The van der Waals surface area contributed by atoms with Gasteiger partial charge in [-0.05, 0) is 0 Å². The molecule has 0 bridgehead atoms. The van der Waals surface area contributed by atoms with Crippen LogP contribution in [0.15, 0.2) is 17.3 Å². The van der Waals surface area contributed by atoms with Crippen LogP contribution in [-0.2, 0) is 9.59 Å². The predicted octanol–water partition coefficient (Wildman–Crippen LogP) is -0.688. The topological polar surface area (TPSA) is 166 Å². The summed E-state index contributed by atoms with van der Waals surface area (Å²) in [6.07, 6.45) is 1.12. The molecule has 0 aromatic carbocycles. The van der Waals surface area contributed by atoms with E-state index in [9.17, 15) is 14.4 Å². The lowest BCUT2D eigenvalue weighted by atomic mass is 10.5. The molecule has 0 aliphatic carbocycles. The molecule has 0 spiro atoms. The van der Waals surface area contributed by atoms with E-state index in [0.717, 1.165) is 0 Å². The largest absolute Gasteiger partial charge is 0.478 e. The van der Waals surface area contributed by atoms with E-state index in [1.54, 1.807) is 5.43 Å². The van der Waals surface area contributed by atoms with E-state index in [1.807, 2.05) is 0 Å². The number of hydrazine groups is 1. The standard InChI is InChI=1S/C4H4O4.CH4N4O/c5-3(6)1-2-4(7)8;2-4-1(6)5-3/h1-2H,(H,5,6)(H,7,8);2H,3H2,(H,5,6)/b2-1-;. The maximum atomic E-state index is 9.59. The van der Waals surface area contributed by atoms with Crippen LogP contribution in [0.25, 0.3) is 0 Å². The minimum atomic E-state index is -1.26. The number of carboxylic acid groups (broad SMARTS) is 2. The van der Waals surface area contributed by atoms with Crippen LogP contribution in [0.1, 0.15) is 0 Å². The number of rotatable bonds is 2. The molecule has 0 atom stereocenters. The molecular weight excluding hydrogens is 196 g/mol. The Hall–Kier alpha value is -2.29. The van der Waals surface area contributed by atoms with Gasteiger partial charge in [0, 0.05) is 12.2 Å². The number of nitrogens with zero attached hydrogens (tertiary/aromatic N) is 1. The number of carboxylic acids is 2. The Labute approximate surface area is 77.7 Å². The maximum Gasteiger partial charge on any atom is 0.373 e. The fraction of sp³-hybridized carbons (Fsp3) is 0. The molecule has 14 heavy (non-hydrogen) atoms. The summed E-state index contributed by atoms with van der Waals surface area (Å²) < 4.78 is 0. The third-order valence-electron chi connectivity index (χ3n) is 0.594. The smallest absolute Gasteiger partial charge is 0.373 e. The first kappa shape index (κ1) is 14.2. The Balaban J connectivity index is 0. The number of carbonyl (C=O) groups is 3. The monoisotopic (exact) mass is 204 g/mol. The summed E-state index contributed by atoms with van der Waals surface area (Å²) in [5.74, 6) is 1.96. The normalized spacial score (nSPS) is 8.36. The number of hydrogen-bond acceptors (Lipinski definition) is 5. The summed E-state index contributed by atoms with van der Waals surface area (Å²) in [6.45, 7) is 0. The molecular formula is C5H8N4O5. The molecule has 6 N–H and O–H groups in total. The highest BCUT2D eigenvalue weighted by molar-refractivity contribution is 5.89. The summed E-state index contributed by atoms with van der Waals surface area (Å²) in [5.41, 5.74) is 7.56. The predicted molar refractivity (Wildman–Crippen MR) is 42.3 cm³/mol. The average Bonchev–Trinajstić information content (AvgIpc) is 2.14. The summed E-state index contributed by atoms with van der Waals surface area (Å²) in [4.78, 5) is 28.7. The molecule has 0 rings (SSSR count). The SMILES string of the molecule is N=NC(=O)NN.O=C(O)/C=C\C(=O)O. The van der Waals surface area contributed by atoms with Crippen molar-refractivity contribution < 1.29 is 24.6 Å². The third kappa shape index (κ3) is 16.4. The van der Waals surface area contributed by atoms with Crippen LogP contribution >= 0.6 is 0 Å². The van der Waals surface area contributed by atoms with Crippen LogP contribution in [0.4, 0.5) is 4.79 Å². The second kappa shape index (κ2) is 8.80. The van der Waals surface area contributed by atoms with Crippen molar-refractivity contribution in [2.45, 2.75) is 0 Å². The molecule has 0 radical (unpaired) electrons. The second-order valence-electron chi connectivity index (χ2n) is 1.57. The van der Waals surface area contributed by atoms with Crippen LogP contribution in [0.5, 0.6) is 0 Å². The van der Waals surface area contributed by atoms with E-state index >= 15 is 0 Å². The number of nitrogens with one attached hydrogen (secondary N) is 2. The highest BCUT2D eigenvalue weighted by atomic mass is 16.4. The zero-order valence-corrected chi connectivity index (χ0v) is 6.80. The van der Waals surface area contributed by atoms with E-state index < -0.39 is 18.0 Å². The molecule has 9 nitrogen and oxygen atoms in total. The Bertz CT molecular complexity index is 245. The first-order valence-electron chi connectivity index (χ1n) is 2.96. The first-order chi connectivity index (χ1) is 6.43. The van der Waals surface area contributed by atoms with Crippen molar-refractivity contribution in [3.63, 3.8) is 0 Å². The van der Waals surface area contributed by atoms with E-state index in [2.05, 4.69) is 11.0 Å². The Morgan fingerprint density at radius 3 is 1.64 bits per heavy atom. The Morgan fingerprint density at radius 1 is 1.21 bits per heavy atom. The molecule has 0 aliphatic rings. The molecule has 0 saturated heterocycles. The summed E-state index contributed by atoms with van der Waals surface area (Å²) in [7, 11) is 0. The van der Waals surface area contributed by atoms with Crippen molar-refractivity contribution in [3.05, 3.63) is 12.2 Å². The molecule has 2 amide bonds. The van der Waals surface area contributed by atoms with Gasteiger partial charge in [-0.3, -0.25) is 5.43 Å². The number of hydrogen-bond donors (Lipinski definition) is 5. The van der Waals surface area contributed by atoms with Crippen molar-refractivity contribution in [3.8, 4) is 0 Å². The molecule has 0 aromatic heterocycles. The van der Waals surface area contributed by atoms with Gasteiger partial charge in [-0.1, -0.05) is 5.11 Å². The summed E-state index contributed by atoms with van der Waals surface area (Å²) >= 11 is 0. The molecule has 0 aliphatic heterocycles. The van der Waals surface area contributed by atoms with Crippen LogP contribution in [0, 0.1) is 5.53 Å². The number of carbonyl (C=O) groups excluding carboxylic acids is 1. The number of amides is 2. The van der Waals surface area contributed by atoms with Crippen molar-refractivity contribution in [2.24, 2.45) is 11.0 Å². The summed E-state index contributed by atoms with van der Waals surface area (Å²) in [5, 5.41) is 18.0. The minimum absolute atomic E-state index is 0.558. The van der Waals surface area contributed by atoms with Gasteiger partial charge in [-0.15, -0.1) is 0 Å². The molecule has 0 aromatic rings. The molecule has 78 valence electrons. The van der Waals surface area contributed by atoms with Gasteiger partial charge in [-0.2, -0.15) is 5.53 Å². The van der Waals surface area contributed by atoms with Crippen molar-refractivity contribution in [1.82, 2.24) is 5.43 Å². The van der Waals surface area contributed by atoms with Gasteiger partial charge < -0.3 is 10.2 Å². The molecule has 0 saturated carbocycles. The highest BCUT2D eigenvalue weighted by Gasteiger charge is 1.88. The van der Waals surface area contributed by atoms with Crippen LogP contribution in [0.3, 0.4) is 0 Å². The zero-order chi connectivity index (χ0) is 11.6. The van der Waals surface area contributed by atoms with Crippen LogP contribution < -0.4 is 11.3 Å². The lowest BCUT2D eigenvalue weighted by molar-refractivity contribution is -0.134. The lowest BCUT2D eigenvalue weighted by Crippen LogP contribution is -2.26. The third-order valence-corrected chi connectivity index (χ3v) is 0.594. The fourth-order valence-corrected chi connectivity index (χ4v) is 0.175. The highest BCUT2D eigenvalue weighted by Crippen LogP contribution is 1.70. The van der Waals surface area contributed by atoms with Gasteiger partial charge >= 0.3 is 18.0 Å². The van der Waals surface area contributed by atoms with E-state index in [-0.39, 0.29) is 0 Å². The van der Waals surface area contributed by atoms with Gasteiger partial charge in [-0.25, -0.2) is 20.2 Å². The first-order valence-corrected chi connectivity index (χ1v) is 2.96. The fourth-order valence-electron chi connectivity index (χ4n) is 0.175. The van der Waals surface area contributed by atoms with Gasteiger partial charge in [0.15, 0.2) is 0 Å². The number of urea groups is 1. The van der Waals surface area contributed by atoms with Crippen LogP contribution in [0.2, 0.25) is 0 Å². The van der Waals surface area contributed by atoms with Gasteiger partial charge in [0.25, 0.3) is 0 Å². The number of aliphatic carboxylic acids is 2. The van der Waals surface area contributed by atoms with Crippen molar-refractivity contribution >= 4 is 18.0 Å². The zero-order valence-electron chi connectivity index (χ0n) is 6.80. The number of nitrogens with two attached hydrogens (primary N) is 1. The van der Waals surface area contributed by atoms with E-state index in [0.29, 0.717) is 12.2 Å². The van der Waals surface area contributed by atoms with E-state index in [1.165, 1.54) is 0 Å². The summed E-state index contributed by atoms with van der Waals surface area (Å²) in [6, 6.07) is -0.838. The molecule has 9 heteroatoms. The van der Waals surface area contributed by atoms with Gasteiger partial charge in [0.05, 0.1) is 0 Å². The molecule has 0 unspecified atom stereocenters. The maximum absolute atomic E-state index is 9.59. The second-order valence-corrected chi connectivity index (χ2v) is 1.57.